The number of esters is 1. The summed E-state index contributed by atoms with van der Waals surface area (Å²) in [5, 5.41) is 3.12. The van der Waals surface area contributed by atoms with E-state index in [-0.39, 0.29) is 6.61 Å². The minimum Gasteiger partial charge on any atom is -0.451 e. The number of amides is 1. The third-order valence-electron chi connectivity index (χ3n) is 2.38. The lowest BCUT2D eigenvalue weighted by molar-refractivity contribution is -0.119. The highest BCUT2D eigenvalue weighted by molar-refractivity contribution is 7.13. The molecule has 4 nitrogen and oxygen atoms in total. The predicted octanol–water partition coefficient (Wildman–Crippen LogP) is 3.51. The molecule has 1 heterocycles. The Labute approximate surface area is 125 Å². The first-order chi connectivity index (χ1) is 9.54. The molecule has 1 aromatic carbocycles. The smallest absolute Gasteiger partial charge is 0.348 e. The number of hydrogen-bond donors (Lipinski definition) is 1. The van der Waals surface area contributed by atoms with Gasteiger partial charge < -0.3 is 10.1 Å². The molecular weight excluding hydrogens is 298 g/mol. The van der Waals surface area contributed by atoms with E-state index in [0.29, 0.717) is 15.6 Å². The number of anilines is 1. The Hall–Kier alpha value is -1.85. The standard InChI is InChI=1S/C14H12ClNO3S/c1-9-5-6-12(20-9)14(18)19-8-13(17)16-11-4-2-3-10(15)7-11/h2-7H,8H2,1H3,(H,16,17). The number of carbonyl (C=O) groups excluding carboxylic acids is 2. The molecule has 0 spiro atoms. The molecule has 0 aliphatic carbocycles. The van der Waals surface area contributed by atoms with Crippen molar-refractivity contribution in [2.75, 3.05) is 11.9 Å². The van der Waals surface area contributed by atoms with Crippen LogP contribution < -0.4 is 5.32 Å². The van der Waals surface area contributed by atoms with Gasteiger partial charge in [0.1, 0.15) is 4.88 Å². The summed E-state index contributed by atoms with van der Waals surface area (Å²) in [6.07, 6.45) is 0. The number of hydrogen-bond acceptors (Lipinski definition) is 4. The van der Waals surface area contributed by atoms with Crippen molar-refractivity contribution in [3.8, 4) is 0 Å². The summed E-state index contributed by atoms with van der Waals surface area (Å²) >= 11 is 7.13. The van der Waals surface area contributed by atoms with Gasteiger partial charge in [0, 0.05) is 15.6 Å². The van der Waals surface area contributed by atoms with Crippen LogP contribution in [0.3, 0.4) is 0 Å². The van der Waals surface area contributed by atoms with Gasteiger partial charge in [-0.15, -0.1) is 11.3 Å². The lowest BCUT2D eigenvalue weighted by atomic mass is 10.3. The maximum absolute atomic E-state index is 11.7. The molecule has 20 heavy (non-hydrogen) atoms. The van der Waals surface area contributed by atoms with Crippen molar-refractivity contribution in [2.45, 2.75) is 6.92 Å². The molecule has 0 bridgehead atoms. The summed E-state index contributed by atoms with van der Waals surface area (Å²) < 4.78 is 4.93. The Morgan fingerprint density at radius 2 is 2.10 bits per heavy atom. The molecule has 0 saturated heterocycles. The molecule has 1 amide bonds. The minimum absolute atomic E-state index is 0.331. The minimum atomic E-state index is -0.496. The summed E-state index contributed by atoms with van der Waals surface area (Å²) in [5.74, 6) is -0.904. The largest absolute Gasteiger partial charge is 0.451 e. The Morgan fingerprint density at radius 3 is 2.75 bits per heavy atom. The quantitative estimate of drug-likeness (QED) is 0.879. The normalized spacial score (nSPS) is 10.1. The molecule has 104 valence electrons. The SMILES string of the molecule is Cc1ccc(C(=O)OCC(=O)Nc2cccc(Cl)c2)s1. The zero-order valence-electron chi connectivity index (χ0n) is 10.7. The molecule has 2 aromatic rings. The van der Waals surface area contributed by atoms with Gasteiger partial charge in [-0.2, -0.15) is 0 Å². The van der Waals surface area contributed by atoms with Crippen LogP contribution in [-0.4, -0.2) is 18.5 Å². The van der Waals surface area contributed by atoms with E-state index >= 15 is 0 Å². The van der Waals surface area contributed by atoms with Crippen molar-refractivity contribution in [3.05, 3.63) is 51.2 Å². The van der Waals surface area contributed by atoms with Gasteiger partial charge in [-0.1, -0.05) is 17.7 Å². The maximum atomic E-state index is 11.7. The number of carbonyl (C=O) groups is 2. The second-order valence-corrected chi connectivity index (χ2v) is 5.77. The second kappa shape index (κ2) is 6.54. The third kappa shape index (κ3) is 4.08. The highest BCUT2D eigenvalue weighted by Crippen LogP contribution is 2.16. The third-order valence-corrected chi connectivity index (χ3v) is 3.60. The van der Waals surface area contributed by atoms with Gasteiger partial charge in [0.15, 0.2) is 6.61 Å². The van der Waals surface area contributed by atoms with Crippen molar-refractivity contribution < 1.29 is 14.3 Å². The van der Waals surface area contributed by atoms with Crippen LogP contribution in [0.4, 0.5) is 5.69 Å². The first kappa shape index (κ1) is 14.6. The number of halogens is 1. The number of benzene rings is 1. The molecule has 1 aromatic heterocycles. The molecular formula is C14H12ClNO3S. The van der Waals surface area contributed by atoms with Crippen LogP contribution in [0.2, 0.25) is 5.02 Å². The van der Waals surface area contributed by atoms with Gasteiger partial charge >= 0.3 is 5.97 Å². The highest BCUT2D eigenvalue weighted by Gasteiger charge is 2.12. The van der Waals surface area contributed by atoms with Gasteiger partial charge in [0.2, 0.25) is 0 Å². The van der Waals surface area contributed by atoms with E-state index in [4.69, 9.17) is 16.3 Å². The molecule has 0 aliphatic heterocycles. The second-order valence-electron chi connectivity index (χ2n) is 4.04. The number of ether oxygens (including phenoxy) is 1. The van der Waals surface area contributed by atoms with E-state index in [1.54, 1.807) is 30.3 Å². The van der Waals surface area contributed by atoms with Crippen LogP contribution in [0.5, 0.6) is 0 Å². The molecule has 0 radical (unpaired) electrons. The highest BCUT2D eigenvalue weighted by atomic mass is 35.5. The van der Waals surface area contributed by atoms with Crippen molar-refractivity contribution in [3.63, 3.8) is 0 Å². The fourth-order valence-electron chi connectivity index (χ4n) is 1.51. The Bertz CT molecular complexity index is 639. The molecule has 0 saturated carbocycles. The fraction of sp³-hybridized carbons (Fsp3) is 0.143. The molecule has 0 unspecified atom stereocenters. The fourth-order valence-corrected chi connectivity index (χ4v) is 2.46. The average molecular weight is 310 g/mol. The van der Waals surface area contributed by atoms with Crippen LogP contribution >= 0.6 is 22.9 Å². The van der Waals surface area contributed by atoms with Gasteiger partial charge in [0.05, 0.1) is 0 Å². The van der Waals surface area contributed by atoms with E-state index in [1.165, 1.54) is 11.3 Å². The average Bonchev–Trinajstić information content (AvgIpc) is 2.83. The van der Waals surface area contributed by atoms with Crippen molar-refractivity contribution in [2.24, 2.45) is 0 Å². The predicted molar refractivity (Wildman–Crippen MR) is 79.4 cm³/mol. The number of thiophene rings is 1. The number of aryl methyl sites for hydroxylation is 1. The Kier molecular flexibility index (Phi) is 4.76. The summed E-state index contributed by atoms with van der Waals surface area (Å²) in [6.45, 7) is 1.57. The van der Waals surface area contributed by atoms with Crippen molar-refractivity contribution in [1.82, 2.24) is 0 Å². The Balaban J connectivity index is 1.85. The van der Waals surface area contributed by atoms with Gasteiger partial charge in [-0.25, -0.2) is 4.79 Å². The summed E-state index contributed by atoms with van der Waals surface area (Å²) in [4.78, 5) is 24.8. The van der Waals surface area contributed by atoms with Crippen LogP contribution in [0.15, 0.2) is 36.4 Å². The first-order valence-corrected chi connectivity index (χ1v) is 7.03. The Morgan fingerprint density at radius 1 is 1.30 bits per heavy atom. The van der Waals surface area contributed by atoms with Crippen LogP contribution in [0, 0.1) is 6.92 Å². The maximum Gasteiger partial charge on any atom is 0.348 e. The van der Waals surface area contributed by atoms with Crippen LogP contribution in [0.25, 0.3) is 0 Å². The van der Waals surface area contributed by atoms with Gasteiger partial charge in [-0.05, 0) is 37.3 Å². The van der Waals surface area contributed by atoms with Crippen molar-refractivity contribution >= 4 is 40.5 Å². The lowest BCUT2D eigenvalue weighted by Crippen LogP contribution is -2.20. The summed E-state index contributed by atoms with van der Waals surface area (Å²) in [7, 11) is 0. The number of rotatable bonds is 4. The molecule has 2 rings (SSSR count). The van der Waals surface area contributed by atoms with E-state index in [1.807, 2.05) is 13.0 Å². The summed E-state index contributed by atoms with van der Waals surface area (Å²) in [5.41, 5.74) is 0.561. The van der Waals surface area contributed by atoms with E-state index < -0.39 is 11.9 Å². The molecule has 6 heteroatoms. The van der Waals surface area contributed by atoms with E-state index in [2.05, 4.69) is 5.32 Å². The lowest BCUT2D eigenvalue weighted by Gasteiger charge is -2.06. The molecule has 0 fully saturated rings. The van der Waals surface area contributed by atoms with Crippen LogP contribution in [0.1, 0.15) is 14.5 Å². The van der Waals surface area contributed by atoms with Crippen LogP contribution in [-0.2, 0) is 9.53 Å². The molecule has 0 aliphatic rings. The monoisotopic (exact) mass is 309 g/mol. The summed E-state index contributed by atoms with van der Waals surface area (Å²) in [6, 6.07) is 10.2. The first-order valence-electron chi connectivity index (χ1n) is 5.83. The molecule has 1 N–H and O–H groups in total. The van der Waals surface area contributed by atoms with Gasteiger partial charge in [0.25, 0.3) is 5.91 Å². The topological polar surface area (TPSA) is 55.4 Å². The molecule has 0 atom stereocenters. The van der Waals surface area contributed by atoms with Crippen molar-refractivity contribution in [1.29, 1.82) is 0 Å². The number of nitrogens with one attached hydrogen (secondary N) is 1. The van der Waals surface area contributed by atoms with E-state index in [9.17, 15) is 9.59 Å². The van der Waals surface area contributed by atoms with E-state index in [0.717, 1.165) is 4.88 Å². The van der Waals surface area contributed by atoms with Gasteiger partial charge in [-0.3, -0.25) is 4.79 Å². The zero-order chi connectivity index (χ0) is 14.5. The zero-order valence-corrected chi connectivity index (χ0v) is 12.3.